The molecule has 1 aliphatic heterocycles. The number of rotatable bonds is 4. The van der Waals surface area contributed by atoms with Crippen LogP contribution in [0.15, 0.2) is 66.9 Å². The van der Waals surface area contributed by atoms with Crippen LogP contribution in [0, 0.1) is 5.92 Å². The molecular formula is C27H33ClN2O. The van der Waals surface area contributed by atoms with Gasteiger partial charge in [0, 0.05) is 28.7 Å². The SMILES string of the molecule is C/C=C\C.CCCC1CCNCC1(O)c1ccc(-c2cnc3cc(Cl)ccc3c2)cc1. The number of benzene rings is 2. The first-order valence-electron chi connectivity index (χ1n) is 11.2. The van der Waals surface area contributed by atoms with Gasteiger partial charge in [0.1, 0.15) is 5.60 Å². The van der Waals surface area contributed by atoms with Crippen molar-refractivity contribution in [2.45, 2.75) is 45.6 Å². The van der Waals surface area contributed by atoms with Gasteiger partial charge >= 0.3 is 0 Å². The maximum Gasteiger partial charge on any atom is 0.105 e. The van der Waals surface area contributed by atoms with Crippen molar-refractivity contribution in [3.63, 3.8) is 0 Å². The summed E-state index contributed by atoms with van der Waals surface area (Å²) in [5.41, 5.74) is 3.27. The van der Waals surface area contributed by atoms with Gasteiger partial charge in [-0.2, -0.15) is 0 Å². The summed E-state index contributed by atoms with van der Waals surface area (Å²) in [6, 6.07) is 16.2. The molecule has 1 fully saturated rings. The van der Waals surface area contributed by atoms with Gasteiger partial charge in [0.15, 0.2) is 0 Å². The Morgan fingerprint density at radius 1 is 1.10 bits per heavy atom. The normalized spacial score (nSPS) is 21.1. The van der Waals surface area contributed by atoms with E-state index in [9.17, 15) is 5.11 Å². The Hall–Kier alpha value is -2.20. The smallest absolute Gasteiger partial charge is 0.105 e. The molecular weight excluding hydrogens is 404 g/mol. The molecule has 0 bridgehead atoms. The number of fused-ring (bicyclic) bond motifs is 1. The number of nitrogens with zero attached hydrogens (tertiary/aromatic N) is 1. The number of allylic oxidation sites excluding steroid dienone is 2. The summed E-state index contributed by atoms with van der Waals surface area (Å²) in [6.45, 7) is 7.79. The molecule has 4 rings (SSSR count). The first-order valence-corrected chi connectivity index (χ1v) is 11.6. The lowest BCUT2D eigenvalue weighted by atomic mass is 9.75. The van der Waals surface area contributed by atoms with Crippen LogP contribution in [0.1, 0.15) is 45.6 Å². The Morgan fingerprint density at radius 3 is 2.52 bits per heavy atom. The van der Waals surface area contributed by atoms with Crippen LogP contribution in [-0.4, -0.2) is 23.2 Å². The van der Waals surface area contributed by atoms with Crippen molar-refractivity contribution in [1.82, 2.24) is 10.3 Å². The van der Waals surface area contributed by atoms with Crippen molar-refractivity contribution < 1.29 is 5.11 Å². The van der Waals surface area contributed by atoms with Gasteiger partial charge in [0.25, 0.3) is 0 Å². The molecule has 2 atom stereocenters. The second-order valence-electron chi connectivity index (χ2n) is 8.18. The molecule has 1 aliphatic rings. The Kier molecular flexibility index (Phi) is 8.25. The zero-order chi connectivity index (χ0) is 22.3. The van der Waals surface area contributed by atoms with Gasteiger partial charge in [0.2, 0.25) is 0 Å². The summed E-state index contributed by atoms with van der Waals surface area (Å²) in [5.74, 6) is 0.307. The fourth-order valence-electron chi connectivity index (χ4n) is 4.21. The molecule has 3 nitrogen and oxygen atoms in total. The minimum absolute atomic E-state index is 0.307. The summed E-state index contributed by atoms with van der Waals surface area (Å²) in [5, 5.41) is 16.5. The minimum Gasteiger partial charge on any atom is -0.384 e. The summed E-state index contributed by atoms with van der Waals surface area (Å²) >= 11 is 6.05. The molecule has 3 aromatic rings. The Bertz CT molecular complexity index is 1010. The summed E-state index contributed by atoms with van der Waals surface area (Å²) in [4.78, 5) is 4.54. The van der Waals surface area contributed by atoms with E-state index in [0.29, 0.717) is 17.5 Å². The zero-order valence-corrected chi connectivity index (χ0v) is 19.5. The van der Waals surface area contributed by atoms with E-state index in [1.54, 1.807) is 0 Å². The van der Waals surface area contributed by atoms with E-state index >= 15 is 0 Å². The van der Waals surface area contributed by atoms with E-state index in [-0.39, 0.29) is 0 Å². The highest BCUT2D eigenvalue weighted by Gasteiger charge is 2.39. The van der Waals surface area contributed by atoms with Gasteiger partial charge in [-0.25, -0.2) is 0 Å². The highest BCUT2D eigenvalue weighted by molar-refractivity contribution is 6.31. The number of hydrogen-bond acceptors (Lipinski definition) is 3. The van der Waals surface area contributed by atoms with Crippen molar-refractivity contribution in [1.29, 1.82) is 0 Å². The van der Waals surface area contributed by atoms with Gasteiger partial charge in [0.05, 0.1) is 5.52 Å². The Morgan fingerprint density at radius 2 is 1.84 bits per heavy atom. The standard InChI is InChI=1S/C23H25ClN2O.C4H8/c1-2-3-19-10-11-25-15-23(19,27)20-7-4-16(5-8-20)18-12-17-6-9-21(24)13-22(17)26-14-18;1-3-4-2/h4-9,12-14,19,25,27H,2-3,10-11,15H2,1H3;3-4H,1-2H3/b;4-3-. The van der Waals surface area contributed by atoms with Gasteiger partial charge in [-0.3, -0.25) is 4.98 Å². The molecule has 0 radical (unpaired) electrons. The number of aliphatic hydroxyl groups is 1. The molecule has 1 aromatic heterocycles. The number of β-amino-alcohol motifs (C(OH)–C–C–N with tert-alkyl or cyclic N) is 1. The van der Waals surface area contributed by atoms with Crippen LogP contribution in [0.5, 0.6) is 0 Å². The molecule has 2 heterocycles. The lowest BCUT2D eigenvalue weighted by Gasteiger charge is -2.41. The maximum absolute atomic E-state index is 11.4. The molecule has 4 heteroatoms. The fraction of sp³-hybridized carbons (Fsp3) is 0.370. The summed E-state index contributed by atoms with van der Waals surface area (Å²) < 4.78 is 0. The average molecular weight is 437 g/mol. The number of pyridine rings is 1. The van der Waals surface area contributed by atoms with E-state index in [4.69, 9.17) is 11.6 Å². The van der Waals surface area contributed by atoms with Crippen LogP contribution in [0.3, 0.4) is 0 Å². The lowest BCUT2D eigenvalue weighted by Crippen LogP contribution is -2.49. The second-order valence-corrected chi connectivity index (χ2v) is 8.62. The molecule has 164 valence electrons. The van der Waals surface area contributed by atoms with Crippen LogP contribution in [-0.2, 0) is 5.60 Å². The molecule has 31 heavy (non-hydrogen) atoms. The van der Waals surface area contributed by atoms with Crippen LogP contribution in [0.25, 0.3) is 22.0 Å². The third-order valence-electron chi connectivity index (χ3n) is 6.07. The van der Waals surface area contributed by atoms with E-state index in [2.05, 4.69) is 47.6 Å². The van der Waals surface area contributed by atoms with E-state index in [0.717, 1.165) is 53.4 Å². The van der Waals surface area contributed by atoms with Crippen molar-refractivity contribution in [2.75, 3.05) is 13.1 Å². The molecule has 0 spiro atoms. The predicted octanol–water partition coefficient (Wildman–Crippen LogP) is 6.73. The maximum atomic E-state index is 11.4. The van der Waals surface area contributed by atoms with E-state index < -0.39 is 5.60 Å². The number of piperidine rings is 1. The predicted molar refractivity (Wildman–Crippen MR) is 132 cm³/mol. The number of aromatic nitrogens is 1. The molecule has 1 saturated heterocycles. The summed E-state index contributed by atoms with van der Waals surface area (Å²) in [7, 11) is 0. The number of hydrogen-bond donors (Lipinski definition) is 2. The first kappa shape index (κ1) is 23.5. The quantitative estimate of drug-likeness (QED) is 0.445. The number of nitrogens with one attached hydrogen (secondary N) is 1. The molecule has 2 N–H and O–H groups in total. The Balaban J connectivity index is 0.000000628. The molecule has 2 aromatic carbocycles. The topological polar surface area (TPSA) is 45.1 Å². The molecule has 0 saturated carbocycles. The average Bonchev–Trinajstić information content (AvgIpc) is 2.80. The fourth-order valence-corrected chi connectivity index (χ4v) is 4.38. The molecule has 0 aliphatic carbocycles. The van der Waals surface area contributed by atoms with Crippen LogP contribution in [0.2, 0.25) is 5.02 Å². The van der Waals surface area contributed by atoms with Crippen molar-refractivity contribution >= 4 is 22.5 Å². The third-order valence-corrected chi connectivity index (χ3v) is 6.31. The lowest BCUT2D eigenvalue weighted by molar-refractivity contribution is -0.0454. The van der Waals surface area contributed by atoms with Crippen LogP contribution < -0.4 is 5.32 Å². The highest BCUT2D eigenvalue weighted by Crippen LogP contribution is 2.37. The van der Waals surface area contributed by atoms with Gasteiger partial charge < -0.3 is 10.4 Å². The molecule has 2 unspecified atom stereocenters. The monoisotopic (exact) mass is 436 g/mol. The third kappa shape index (κ3) is 5.54. The van der Waals surface area contributed by atoms with Crippen LogP contribution in [0.4, 0.5) is 0 Å². The van der Waals surface area contributed by atoms with Crippen molar-refractivity contribution in [2.24, 2.45) is 5.92 Å². The van der Waals surface area contributed by atoms with Crippen molar-refractivity contribution in [3.8, 4) is 11.1 Å². The van der Waals surface area contributed by atoms with Crippen LogP contribution >= 0.6 is 11.6 Å². The largest absolute Gasteiger partial charge is 0.384 e. The number of halogens is 1. The van der Waals surface area contributed by atoms with E-state index in [1.807, 2.05) is 50.4 Å². The Labute approximate surface area is 191 Å². The minimum atomic E-state index is -0.787. The second kappa shape index (κ2) is 10.9. The zero-order valence-electron chi connectivity index (χ0n) is 18.7. The summed E-state index contributed by atoms with van der Waals surface area (Å²) in [6.07, 6.45) is 9.04. The highest BCUT2D eigenvalue weighted by atomic mass is 35.5. The van der Waals surface area contributed by atoms with Gasteiger partial charge in [-0.15, -0.1) is 0 Å². The van der Waals surface area contributed by atoms with Gasteiger partial charge in [-0.1, -0.05) is 67.4 Å². The van der Waals surface area contributed by atoms with E-state index in [1.165, 1.54) is 0 Å². The first-order chi connectivity index (χ1) is 15.0. The van der Waals surface area contributed by atoms with Gasteiger partial charge in [-0.05, 0) is 68.5 Å². The molecule has 0 amide bonds. The van der Waals surface area contributed by atoms with Crippen molar-refractivity contribution in [3.05, 3.63) is 77.5 Å².